The first-order valence-electron chi connectivity index (χ1n) is 6.22. The monoisotopic (exact) mass is 199 g/mol. The maximum atomic E-state index is 13.7. The minimum absolute atomic E-state index is 0.321. The quantitative estimate of drug-likeness (QED) is 0.640. The SMILES string of the molecule is FC1CCNCC1C1CCCCCC1. The van der Waals surface area contributed by atoms with Crippen LogP contribution in [0.5, 0.6) is 0 Å². The number of hydrogen-bond donors (Lipinski definition) is 1. The summed E-state index contributed by atoms with van der Waals surface area (Å²) < 4.78 is 13.7. The lowest BCUT2D eigenvalue weighted by Gasteiger charge is -2.33. The summed E-state index contributed by atoms with van der Waals surface area (Å²) in [6, 6.07) is 0. The van der Waals surface area contributed by atoms with Gasteiger partial charge in [-0.05, 0) is 18.9 Å². The van der Waals surface area contributed by atoms with Crippen LogP contribution in [-0.2, 0) is 0 Å². The molecule has 0 aromatic rings. The molecule has 0 spiro atoms. The van der Waals surface area contributed by atoms with E-state index >= 15 is 0 Å². The summed E-state index contributed by atoms with van der Waals surface area (Å²) in [5.74, 6) is 0.988. The molecule has 82 valence electrons. The van der Waals surface area contributed by atoms with Gasteiger partial charge in [0.05, 0.1) is 0 Å². The third-order valence-corrected chi connectivity index (χ3v) is 3.95. The van der Waals surface area contributed by atoms with Crippen LogP contribution in [-0.4, -0.2) is 19.3 Å². The molecule has 2 heteroatoms. The van der Waals surface area contributed by atoms with Crippen LogP contribution in [0.15, 0.2) is 0 Å². The van der Waals surface area contributed by atoms with E-state index in [0.717, 1.165) is 19.5 Å². The summed E-state index contributed by atoms with van der Waals surface area (Å²) in [7, 11) is 0. The maximum Gasteiger partial charge on any atom is 0.106 e. The molecule has 2 unspecified atom stereocenters. The Balaban J connectivity index is 1.90. The van der Waals surface area contributed by atoms with E-state index < -0.39 is 6.17 Å². The molecular formula is C12H22FN. The number of halogens is 1. The summed E-state index contributed by atoms with van der Waals surface area (Å²) in [5, 5.41) is 3.34. The van der Waals surface area contributed by atoms with E-state index in [4.69, 9.17) is 0 Å². The molecule has 1 aliphatic carbocycles. The fourth-order valence-corrected chi connectivity index (χ4v) is 3.05. The van der Waals surface area contributed by atoms with Crippen LogP contribution in [0.1, 0.15) is 44.9 Å². The third-order valence-electron chi connectivity index (χ3n) is 3.95. The molecule has 14 heavy (non-hydrogen) atoms. The second kappa shape index (κ2) is 5.11. The van der Waals surface area contributed by atoms with Gasteiger partial charge in [0.1, 0.15) is 6.17 Å². The zero-order valence-corrected chi connectivity index (χ0v) is 8.97. The van der Waals surface area contributed by atoms with Crippen molar-refractivity contribution in [3.63, 3.8) is 0 Å². The highest BCUT2D eigenvalue weighted by Crippen LogP contribution is 2.33. The smallest absolute Gasteiger partial charge is 0.106 e. The van der Waals surface area contributed by atoms with E-state index in [-0.39, 0.29) is 0 Å². The zero-order chi connectivity index (χ0) is 9.80. The first-order chi connectivity index (χ1) is 6.88. The molecule has 1 N–H and O–H groups in total. The van der Waals surface area contributed by atoms with E-state index in [1.807, 2.05) is 0 Å². The van der Waals surface area contributed by atoms with E-state index in [1.54, 1.807) is 0 Å². The molecule has 2 atom stereocenters. The van der Waals surface area contributed by atoms with E-state index in [9.17, 15) is 4.39 Å². The molecule has 0 aromatic carbocycles. The van der Waals surface area contributed by atoms with Crippen LogP contribution in [0.3, 0.4) is 0 Å². The van der Waals surface area contributed by atoms with Crippen LogP contribution < -0.4 is 5.32 Å². The van der Waals surface area contributed by atoms with E-state index in [2.05, 4.69) is 5.32 Å². The third kappa shape index (κ3) is 2.47. The van der Waals surface area contributed by atoms with Gasteiger partial charge in [0, 0.05) is 12.5 Å². The van der Waals surface area contributed by atoms with Crippen LogP contribution in [0.25, 0.3) is 0 Å². The molecule has 1 heterocycles. The van der Waals surface area contributed by atoms with Crippen molar-refractivity contribution in [2.75, 3.05) is 13.1 Å². The molecule has 2 rings (SSSR count). The molecule has 1 aliphatic heterocycles. The summed E-state index contributed by atoms with van der Waals surface area (Å²) in [6.45, 7) is 1.80. The van der Waals surface area contributed by atoms with Crippen molar-refractivity contribution in [2.24, 2.45) is 11.8 Å². The van der Waals surface area contributed by atoms with Gasteiger partial charge >= 0.3 is 0 Å². The van der Waals surface area contributed by atoms with Gasteiger partial charge in [0.25, 0.3) is 0 Å². The number of piperidine rings is 1. The van der Waals surface area contributed by atoms with Gasteiger partial charge in [-0.3, -0.25) is 0 Å². The van der Waals surface area contributed by atoms with Crippen molar-refractivity contribution in [3.05, 3.63) is 0 Å². The highest BCUT2D eigenvalue weighted by molar-refractivity contribution is 4.84. The predicted molar refractivity (Wildman–Crippen MR) is 57.1 cm³/mol. The first-order valence-corrected chi connectivity index (χ1v) is 6.22. The van der Waals surface area contributed by atoms with Gasteiger partial charge in [0.2, 0.25) is 0 Å². The Kier molecular flexibility index (Phi) is 3.80. The molecule has 0 amide bonds. The van der Waals surface area contributed by atoms with Gasteiger partial charge in [-0.1, -0.05) is 38.5 Å². The summed E-state index contributed by atoms with van der Waals surface area (Å²) in [5.41, 5.74) is 0. The minimum Gasteiger partial charge on any atom is -0.316 e. The fraction of sp³-hybridized carbons (Fsp3) is 1.00. The minimum atomic E-state index is -0.528. The Bertz CT molecular complexity index is 164. The molecule has 0 bridgehead atoms. The van der Waals surface area contributed by atoms with Crippen molar-refractivity contribution in [1.82, 2.24) is 5.32 Å². The lowest BCUT2D eigenvalue weighted by Crippen LogP contribution is -2.41. The van der Waals surface area contributed by atoms with Crippen molar-refractivity contribution in [3.8, 4) is 0 Å². The second-order valence-electron chi connectivity index (χ2n) is 4.92. The van der Waals surface area contributed by atoms with Crippen molar-refractivity contribution in [2.45, 2.75) is 51.1 Å². The van der Waals surface area contributed by atoms with E-state index in [0.29, 0.717) is 11.8 Å². The fourth-order valence-electron chi connectivity index (χ4n) is 3.05. The molecular weight excluding hydrogens is 177 g/mol. The Morgan fingerprint density at radius 3 is 2.29 bits per heavy atom. The lowest BCUT2D eigenvalue weighted by atomic mass is 9.80. The Hall–Kier alpha value is -0.110. The molecule has 0 aromatic heterocycles. The Labute approximate surface area is 86.5 Å². The van der Waals surface area contributed by atoms with Crippen LogP contribution in [0.2, 0.25) is 0 Å². The average Bonchev–Trinajstić information content (AvgIpc) is 2.47. The second-order valence-corrected chi connectivity index (χ2v) is 4.92. The summed E-state index contributed by atoms with van der Waals surface area (Å²) >= 11 is 0. The van der Waals surface area contributed by atoms with E-state index in [1.165, 1.54) is 38.5 Å². The van der Waals surface area contributed by atoms with Crippen LogP contribution >= 0.6 is 0 Å². The Morgan fingerprint density at radius 1 is 0.929 bits per heavy atom. The van der Waals surface area contributed by atoms with Gasteiger partial charge in [0.15, 0.2) is 0 Å². The standard InChI is InChI=1S/C12H22FN/c13-12-7-8-14-9-11(12)10-5-3-1-2-4-6-10/h10-12,14H,1-9H2. The molecule has 1 nitrogen and oxygen atoms in total. The van der Waals surface area contributed by atoms with Crippen LogP contribution in [0, 0.1) is 11.8 Å². The van der Waals surface area contributed by atoms with Gasteiger partial charge < -0.3 is 5.32 Å². The number of alkyl halides is 1. The highest BCUT2D eigenvalue weighted by Gasteiger charge is 2.31. The van der Waals surface area contributed by atoms with Gasteiger partial charge in [-0.2, -0.15) is 0 Å². The highest BCUT2D eigenvalue weighted by atomic mass is 19.1. The van der Waals surface area contributed by atoms with Crippen molar-refractivity contribution in [1.29, 1.82) is 0 Å². The molecule has 2 aliphatic rings. The molecule has 1 saturated carbocycles. The average molecular weight is 199 g/mol. The first kappa shape index (κ1) is 10.4. The van der Waals surface area contributed by atoms with Crippen molar-refractivity contribution < 1.29 is 4.39 Å². The largest absolute Gasteiger partial charge is 0.316 e. The topological polar surface area (TPSA) is 12.0 Å². The summed E-state index contributed by atoms with van der Waals surface area (Å²) in [4.78, 5) is 0. The predicted octanol–water partition coefficient (Wildman–Crippen LogP) is 2.90. The number of rotatable bonds is 1. The zero-order valence-electron chi connectivity index (χ0n) is 8.97. The normalized spacial score (nSPS) is 36.6. The molecule has 1 saturated heterocycles. The number of hydrogen-bond acceptors (Lipinski definition) is 1. The number of nitrogens with one attached hydrogen (secondary N) is 1. The van der Waals surface area contributed by atoms with Gasteiger partial charge in [-0.25, -0.2) is 4.39 Å². The van der Waals surface area contributed by atoms with Gasteiger partial charge in [-0.15, -0.1) is 0 Å². The van der Waals surface area contributed by atoms with Crippen molar-refractivity contribution >= 4 is 0 Å². The lowest BCUT2D eigenvalue weighted by molar-refractivity contribution is 0.116. The molecule has 0 radical (unpaired) electrons. The Morgan fingerprint density at radius 2 is 1.64 bits per heavy atom. The maximum absolute atomic E-state index is 13.7. The van der Waals surface area contributed by atoms with Crippen LogP contribution in [0.4, 0.5) is 4.39 Å². The molecule has 2 fully saturated rings. The summed E-state index contributed by atoms with van der Waals surface area (Å²) in [6.07, 6.45) is 8.14.